The van der Waals surface area contributed by atoms with E-state index in [2.05, 4.69) is 47.8 Å². The Morgan fingerprint density at radius 1 is 0.806 bits per heavy atom. The average Bonchev–Trinajstić information content (AvgIpc) is 3.15. The van der Waals surface area contributed by atoms with Gasteiger partial charge in [0, 0.05) is 24.7 Å². The average molecular weight is 545 g/mol. The molecular formula is C29H32Cl3N3O. The van der Waals surface area contributed by atoms with Gasteiger partial charge in [0.15, 0.2) is 0 Å². The summed E-state index contributed by atoms with van der Waals surface area (Å²) in [6.07, 6.45) is 3.33. The Morgan fingerprint density at radius 2 is 1.58 bits per heavy atom. The van der Waals surface area contributed by atoms with Crippen LogP contribution >= 0.6 is 34.8 Å². The van der Waals surface area contributed by atoms with Crippen LogP contribution in [0.2, 0.25) is 15.1 Å². The summed E-state index contributed by atoms with van der Waals surface area (Å²) in [5.41, 5.74) is 4.48. The van der Waals surface area contributed by atoms with Crippen LogP contribution in [0.5, 0.6) is 5.75 Å². The fourth-order valence-corrected chi connectivity index (χ4v) is 4.86. The summed E-state index contributed by atoms with van der Waals surface area (Å²) in [6, 6.07) is 20.0. The highest BCUT2D eigenvalue weighted by molar-refractivity contribution is 6.42. The quantitative estimate of drug-likeness (QED) is 0.194. The molecule has 0 atom stereocenters. The highest BCUT2D eigenvalue weighted by Gasteiger charge is 2.15. The minimum Gasteiger partial charge on any atom is -0.487 e. The van der Waals surface area contributed by atoms with E-state index in [-0.39, 0.29) is 0 Å². The van der Waals surface area contributed by atoms with Crippen LogP contribution in [0.4, 0.5) is 0 Å². The molecule has 1 heterocycles. The molecule has 0 unspecified atom stereocenters. The van der Waals surface area contributed by atoms with Gasteiger partial charge in [-0.2, -0.15) is 0 Å². The number of benzene rings is 3. The third-order valence-electron chi connectivity index (χ3n) is 6.18. The number of nitrogens with zero attached hydrogens (tertiary/aromatic N) is 3. The molecule has 36 heavy (non-hydrogen) atoms. The van der Waals surface area contributed by atoms with E-state index in [0.29, 0.717) is 34.0 Å². The number of ether oxygens (including phenoxy) is 1. The summed E-state index contributed by atoms with van der Waals surface area (Å²) in [7, 11) is 6.38. The lowest BCUT2D eigenvalue weighted by Gasteiger charge is -2.18. The van der Waals surface area contributed by atoms with Crippen LogP contribution in [-0.4, -0.2) is 48.6 Å². The summed E-state index contributed by atoms with van der Waals surface area (Å²) in [4.78, 5) is 4.58. The normalized spacial score (nSPS) is 11.7. The first-order valence-corrected chi connectivity index (χ1v) is 13.2. The molecule has 0 spiro atoms. The molecule has 4 nitrogen and oxygen atoms in total. The van der Waals surface area contributed by atoms with Crippen molar-refractivity contribution in [2.45, 2.75) is 26.1 Å². The van der Waals surface area contributed by atoms with E-state index in [1.807, 2.05) is 54.6 Å². The number of aromatic nitrogens is 1. The van der Waals surface area contributed by atoms with Crippen molar-refractivity contribution in [3.05, 3.63) is 98.6 Å². The third-order valence-corrected chi connectivity index (χ3v) is 7.21. The number of fused-ring (bicyclic) bond motifs is 1. The third kappa shape index (κ3) is 6.96. The second-order valence-electron chi connectivity index (χ2n) is 9.50. The van der Waals surface area contributed by atoms with Gasteiger partial charge in [-0.15, -0.1) is 0 Å². The molecule has 4 aromatic rings. The van der Waals surface area contributed by atoms with Crippen molar-refractivity contribution < 1.29 is 4.74 Å². The van der Waals surface area contributed by atoms with E-state index in [1.165, 1.54) is 5.56 Å². The fourth-order valence-electron chi connectivity index (χ4n) is 4.33. The van der Waals surface area contributed by atoms with E-state index in [4.69, 9.17) is 39.5 Å². The Morgan fingerprint density at radius 3 is 2.31 bits per heavy atom. The van der Waals surface area contributed by atoms with Crippen LogP contribution in [0, 0.1) is 0 Å². The summed E-state index contributed by atoms with van der Waals surface area (Å²) in [5, 5.41) is 2.85. The van der Waals surface area contributed by atoms with E-state index in [1.54, 1.807) is 0 Å². The first-order chi connectivity index (χ1) is 17.3. The van der Waals surface area contributed by atoms with Crippen LogP contribution < -0.4 is 4.74 Å². The van der Waals surface area contributed by atoms with Gasteiger partial charge in [-0.3, -0.25) is 0 Å². The first kappa shape index (κ1) is 26.8. The maximum absolute atomic E-state index is 6.71. The van der Waals surface area contributed by atoms with Crippen LogP contribution in [-0.2, 0) is 19.7 Å². The van der Waals surface area contributed by atoms with Crippen LogP contribution in [0.25, 0.3) is 10.9 Å². The topological polar surface area (TPSA) is 20.6 Å². The molecule has 3 aromatic carbocycles. The molecule has 4 rings (SSSR count). The molecule has 0 saturated carbocycles. The Hall–Kier alpha value is -2.21. The van der Waals surface area contributed by atoms with Crippen LogP contribution in [0.3, 0.4) is 0 Å². The Balaban J connectivity index is 1.64. The van der Waals surface area contributed by atoms with Gasteiger partial charge in [0.1, 0.15) is 12.4 Å². The summed E-state index contributed by atoms with van der Waals surface area (Å²) in [5.74, 6) is 0.691. The molecule has 0 saturated heterocycles. The van der Waals surface area contributed by atoms with Crippen molar-refractivity contribution in [1.29, 1.82) is 0 Å². The molecule has 190 valence electrons. The lowest BCUT2D eigenvalue weighted by Crippen LogP contribution is -2.23. The predicted molar refractivity (Wildman–Crippen MR) is 153 cm³/mol. The van der Waals surface area contributed by atoms with Crippen LogP contribution in [0.15, 0.2) is 66.9 Å². The van der Waals surface area contributed by atoms with Gasteiger partial charge < -0.3 is 19.1 Å². The molecular weight excluding hydrogens is 513 g/mol. The summed E-state index contributed by atoms with van der Waals surface area (Å²) < 4.78 is 8.37. The Labute approximate surface area is 228 Å². The summed E-state index contributed by atoms with van der Waals surface area (Å²) >= 11 is 19.1. The summed E-state index contributed by atoms with van der Waals surface area (Å²) in [6.45, 7) is 4.05. The second kappa shape index (κ2) is 12.4. The fraction of sp³-hybridized carbons (Fsp3) is 0.310. The smallest absolute Gasteiger partial charge is 0.139 e. The van der Waals surface area contributed by atoms with Gasteiger partial charge in [0.25, 0.3) is 0 Å². The van der Waals surface area contributed by atoms with E-state index < -0.39 is 0 Å². The van der Waals surface area contributed by atoms with Gasteiger partial charge in [-0.05, 0) is 81.6 Å². The van der Waals surface area contributed by atoms with Crippen LogP contribution in [0.1, 0.15) is 23.1 Å². The number of rotatable bonds is 11. The first-order valence-electron chi connectivity index (χ1n) is 12.1. The number of hydrogen-bond donors (Lipinski definition) is 0. The van der Waals surface area contributed by atoms with E-state index >= 15 is 0 Å². The minimum atomic E-state index is 0.468. The molecule has 1 aromatic heterocycles. The highest BCUT2D eigenvalue weighted by Crippen LogP contribution is 2.35. The zero-order valence-electron chi connectivity index (χ0n) is 21.0. The number of halogens is 3. The minimum absolute atomic E-state index is 0.468. The van der Waals surface area contributed by atoms with Crippen molar-refractivity contribution in [1.82, 2.24) is 14.4 Å². The zero-order valence-corrected chi connectivity index (χ0v) is 23.2. The SMILES string of the molecule is CN(C)CCCN(C)Cc1cn(Cc2ccc(Cl)c(Cl)c2)c2cc(Cl)c(OCc3ccccc3)cc12. The molecule has 0 radical (unpaired) electrons. The maximum Gasteiger partial charge on any atom is 0.139 e. The number of hydrogen-bond acceptors (Lipinski definition) is 3. The van der Waals surface area contributed by atoms with Gasteiger partial charge in [0.2, 0.25) is 0 Å². The largest absolute Gasteiger partial charge is 0.487 e. The highest BCUT2D eigenvalue weighted by atomic mass is 35.5. The van der Waals surface area contributed by atoms with E-state index in [9.17, 15) is 0 Å². The molecule has 0 amide bonds. The maximum atomic E-state index is 6.71. The molecule has 0 N–H and O–H groups in total. The van der Waals surface area contributed by atoms with Gasteiger partial charge in [-0.25, -0.2) is 0 Å². The van der Waals surface area contributed by atoms with Gasteiger partial charge in [0.05, 0.1) is 20.6 Å². The second-order valence-corrected chi connectivity index (χ2v) is 10.7. The molecule has 7 heteroatoms. The molecule has 0 aliphatic rings. The van der Waals surface area contributed by atoms with Gasteiger partial charge in [-0.1, -0.05) is 71.2 Å². The molecule has 0 fully saturated rings. The molecule has 0 aliphatic heterocycles. The van der Waals surface area contributed by atoms with Crippen molar-refractivity contribution in [2.75, 3.05) is 34.2 Å². The lowest BCUT2D eigenvalue weighted by molar-refractivity contribution is 0.295. The van der Waals surface area contributed by atoms with Gasteiger partial charge >= 0.3 is 0 Å². The molecule has 0 bridgehead atoms. The van der Waals surface area contributed by atoms with Crippen molar-refractivity contribution in [3.8, 4) is 5.75 Å². The van der Waals surface area contributed by atoms with E-state index in [0.717, 1.165) is 48.1 Å². The van der Waals surface area contributed by atoms with Crippen molar-refractivity contribution >= 4 is 45.7 Å². The monoisotopic (exact) mass is 543 g/mol. The predicted octanol–water partition coefficient (Wildman–Crippen LogP) is 7.61. The Bertz CT molecular complexity index is 1300. The lowest BCUT2D eigenvalue weighted by atomic mass is 10.1. The standard InChI is InChI=1S/C29H32Cl3N3O/c1-33(2)12-7-13-34(3)18-23-19-35(17-22-10-11-25(30)26(31)14-22)28-16-27(32)29(15-24(23)28)36-20-21-8-5-4-6-9-21/h4-6,8-11,14-16,19H,7,12-13,17-18,20H2,1-3H3. The molecule has 0 aliphatic carbocycles. The zero-order chi connectivity index (χ0) is 25.7. The Kier molecular flexibility index (Phi) is 9.21. The van der Waals surface area contributed by atoms with Crippen molar-refractivity contribution in [3.63, 3.8) is 0 Å². The van der Waals surface area contributed by atoms with Crippen molar-refractivity contribution in [2.24, 2.45) is 0 Å².